The van der Waals surface area contributed by atoms with Gasteiger partial charge in [-0.2, -0.15) is 0 Å². The number of halogens is 1. The number of ether oxygens (including phenoxy) is 1. The van der Waals surface area contributed by atoms with Crippen LogP contribution in [-0.4, -0.2) is 6.04 Å². The van der Waals surface area contributed by atoms with Gasteiger partial charge in [-0.05, 0) is 49.2 Å². The van der Waals surface area contributed by atoms with Gasteiger partial charge in [0.25, 0.3) is 0 Å². The monoisotopic (exact) mass is 303 g/mol. The van der Waals surface area contributed by atoms with Gasteiger partial charge in [-0.1, -0.05) is 37.6 Å². The fourth-order valence-electron chi connectivity index (χ4n) is 2.05. The van der Waals surface area contributed by atoms with Crippen molar-refractivity contribution >= 4 is 11.6 Å². The van der Waals surface area contributed by atoms with Gasteiger partial charge in [0.15, 0.2) is 0 Å². The molecule has 0 heterocycles. The molecule has 2 aromatic carbocycles. The smallest absolute Gasteiger partial charge is 0.132 e. The molecule has 0 atom stereocenters. The molecule has 3 heteroatoms. The van der Waals surface area contributed by atoms with E-state index in [2.05, 4.69) is 39.1 Å². The van der Waals surface area contributed by atoms with Crippen molar-refractivity contribution in [3.8, 4) is 11.5 Å². The molecule has 0 bridgehead atoms. The maximum absolute atomic E-state index is 6.11. The van der Waals surface area contributed by atoms with Crippen LogP contribution in [0.1, 0.15) is 30.5 Å². The Morgan fingerprint density at radius 3 is 2.57 bits per heavy atom. The fraction of sp³-hybridized carbons (Fsp3) is 0.333. The number of benzene rings is 2. The Morgan fingerprint density at radius 2 is 1.86 bits per heavy atom. The lowest BCUT2D eigenvalue weighted by molar-refractivity contribution is 0.465. The van der Waals surface area contributed by atoms with E-state index in [-0.39, 0.29) is 0 Å². The first-order chi connectivity index (χ1) is 9.97. The predicted octanol–water partition coefficient (Wildman–Crippen LogP) is 5.25. The quantitative estimate of drug-likeness (QED) is 0.815. The van der Waals surface area contributed by atoms with Crippen LogP contribution >= 0.6 is 11.6 Å². The van der Waals surface area contributed by atoms with Crippen molar-refractivity contribution in [3.05, 3.63) is 58.1 Å². The molecule has 0 aliphatic rings. The normalized spacial score (nSPS) is 11.0. The van der Waals surface area contributed by atoms with Crippen molar-refractivity contribution in [3.63, 3.8) is 0 Å². The van der Waals surface area contributed by atoms with Crippen molar-refractivity contribution in [1.29, 1.82) is 0 Å². The van der Waals surface area contributed by atoms with E-state index in [9.17, 15) is 0 Å². The third-order valence-corrected chi connectivity index (χ3v) is 3.73. The Bertz CT molecular complexity index is 623. The van der Waals surface area contributed by atoms with Crippen LogP contribution in [-0.2, 0) is 6.54 Å². The molecule has 0 unspecified atom stereocenters. The molecule has 0 amide bonds. The van der Waals surface area contributed by atoms with E-state index in [1.54, 1.807) is 0 Å². The first-order valence-electron chi connectivity index (χ1n) is 7.23. The van der Waals surface area contributed by atoms with Crippen molar-refractivity contribution in [2.24, 2.45) is 0 Å². The maximum Gasteiger partial charge on any atom is 0.132 e. The van der Waals surface area contributed by atoms with Crippen molar-refractivity contribution in [2.75, 3.05) is 0 Å². The standard InChI is InChI=1S/C18H22ClNO/c1-12(2)20-11-15-10-16(19)8-9-18(15)21-17-7-5-6-13(3)14(17)4/h5-10,12,20H,11H2,1-4H3. The van der Waals surface area contributed by atoms with Gasteiger partial charge in [-0.3, -0.25) is 0 Å². The molecular formula is C18H22ClNO. The minimum absolute atomic E-state index is 0.414. The molecule has 2 rings (SSSR count). The van der Waals surface area contributed by atoms with Crippen molar-refractivity contribution in [1.82, 2.24) is 5.32 Å². The van der Waals surface area contributed by atoms with Gasteiger partial charge in [0, 0.05) is 23.2 Å². The summed E-state index contributed by atoms with van der Waals surface area (Å²) in [4.78, 5) is 0. The second kappa shape index (κ2) is 6.97. The van der Waals surface area contributed by atoms with Gasteiger partial charge in [0.2, 0.25) is 0 Å². The summed E-state index contributed by atoms with van der Waals surface area (Å²) >= 11 is 6.11. The average Bonchev–Trinajstić information content (AvgIpc) is 2.43. The van der Waals surface area contributed by atoms with E-state index < -0.39 is 0 Å². The summed E-state index contributed by atoms with van der Waals surface area (Å²) in [5, 5.41) is 4.13. The Balaban J connectivity index is 2.28. The molecule has 0 saturated heterocycles. The largest absolute Gasteiger partial charge is 0.457 e. The van der Waals surface area contributed by atoms with Gasteiger partial charge in [0.05, 0.1) is 0 Å². The van der Waals surface area contributed by atoms with E-state index in [0.29, 0.717) is 6.04 Å². The summed E-state index contributed by atoms with van der Waals surface area (Å²) in [6.45, 7) is 9.14. The van der Waals surface area contributed by atoms with Crippen LogP contribution in [0.2, 0.25) is 5.02 Å². The average molecular weight is 304 g/mol. The highest BCUT2D eigenvalue weighted by Gasteiger charge is 2.09. The number of hydrogen-bond donors (Lipinski definition) is 1. The lowest BCUT2D eigenvalue weighted by Crippen LogP contribution is -2.22. The molecule has 0 spiro atoms. The van der Waals surface area contributed by atoms with Gasteiger partial charge < -0.3 is 10.1 Å². The molecule has 0 fully saturated rings. The first-order valence-corrected chi connectivity index (χ1v) is 7.61. The maximum atomic E-state index is 6.11. The van der Waals surface area contributed by atoms with Crippen LogP contribution < -0.4 is 10.1 Å². The fourth-order valence-corrected chi connectivity index (χ4v) is 2.25. The highest BCUT2D eigenvalue weighted by molar-refractivity contribution is 6.30. The minimum atomic E-state index is 0.414. The minimum Gasteiger partial charge on any atom is -0.457 e. The van der Waals surface area contributed by atoms with Gasteiger partial charge in [0.1, 0.15) is 11.5 Å². The molecule has 0 radical (unpaired) electrons. The molecule has 0 aromatic heterocycles. The van der Waals surface area contributed by atoms with E-state index in [1.807, 2.05) is 30.3 Å². The molecule has 0 aliphatic heterocycles. The van der Waals surface area contributed by atoms with Crippen LogP contribution in [0.15, 0.2) is 36.4 Å². The third-order valence-electron chi connectivity index (χ3n) is 3.50. The molecule has 1 N–H and O–H groups in total. The van der Waals surface area contributed by atoms with Crippen LogP contribution in [0.5, 0.6) is 11.5 Å². The zero-order chi connectivity index (χ0) is 15.4. The van der Waals surface area contributed by atoms with E-state index in [4.69, 9.17) is 16.3 Å². The topological polar surface area (TPSA) is 21.3 Å². The molecule has 112 valence electrons. The molecule has 0 saturated carbocycles. The number of nitrogens with one attached hydrogen (secondary N) is 1. The summed E-state index contributed by atoms with van der Waals surface area (Å²) in [7, 11) is 0. The lowest BCUT2D eigenvalue weighted by Gasteiger charge is -2.16. The highest BCUT2D eigenvalue weighted by atomic mass is 35.5. The number of hydrogen-bond acceptors (Lipinski definition) is 2. The summed E-state index contributed by atoms with van der Waals surface area (Å²) in [5.41, 5.74) is 3.45. The SMILES string of the molecule is Cc1cccc(Oc2ccc(Cl)cc2CNC(C)C)c1C. The van der Waals surface area contributed by atoms with Gasteiger partial charge >= 0.3 is 0 Å². The van der Waals surface area contributed by atoms with Crippen LogP contribution in [0, 0.1) is 13.8 Å². The Morgan fingerprint density at radius 1 is 1.10 bits per heavy atom. The summed E-state index contributed by atoms with van der Waals surface area (Å²) in [5.74, 6) is 1.74. The predicted molar refractivity (Wildman–Crippen MR) is 89.4 cm³/mol. The number of rotatable bonds is 5. The summed E-state index contributed by atoms with van der Waals surface area (Å²) in [6.07, 6.45) is 0. The van der Waals surface area contributed by atoms with Crippen LogP contribution in [0.25, 0.3) is 0 Å². The lowest BCUT2D eigenvalue weighted by atomic mass is 10.1. The zero-order valence-electron chi connectivity index (χ0n) is 13.0. The Kier molecular flexibility index (Phi) is 5.27. The van der Waals surface area contributed by atoms with Crippen molar-refractivity contribution < 1.29 is 4.74 Å². The first kappa shape index (κ1) is 15.9. The Labute approximate surface area is 132 Å². The van der Waals surface area contributed by atoms with E-state index in [0.717, 1.165) is 34.2 Å². The summed E-state index contributed by atoms with van der Waals surface area (Å²) in [6, 6.07) is 12.3. The second-order valence-corrected chi connectivity index (χ2v) is 6.02. The zero-order valence-corrected chi connectivity index (χ0v) is 13.8. The third kappa shape index (κ3) is 4.23. The highest BCUT2D eigenvalue weighted by Crippen LogP contribution is 2.31. The second-order valence-electron chi connectivity index (χ2n) is 5.59. The molecular weight excluding hydrogens is 282 g/mol. The van der Waals surface area contributed by atoms with Crippen molar-refractivity contribution in [2.45, 2.75) is 40.3 Å². The Hall–Kier alpha value is -1.51. The van der Waals surface area contributed by atoms with E-state index >= 15 is 0 Å². The van der Waals surface area contributed by atoms with Crippen LogP contribution in [0.3, 0.4) is 0 Å². The molecule has 0 aliphatic carbocycles. The molecule has 2 nitrogen and oxygen atoms in total. The van der Waals surface area contributed by atoms with E-state index in [1.165, 1.54) is 5.56 Å². The molecule has 21 heavy (non-hydrogen) atoms. The van der Waals surface area contributed by atoms with Crippen LogP contribution in [0.4, 0.5) is 0 Å². The summed E-state index contributed by atoms with van der Waals surface area (Å²) < 4.78 is 6.11. The molecule has 2 aromatic rings. The number of aryl methyl sites for hydroxylation is 1. The van der Waals surface area contributed by atoms with Gasteiger partial charge in [-0.25, -0.2) is 0 Å². The van der Waals surface area contributed by atoms with Gasteiger partial charge in [-0.15, -0.1) is 0 Å².